The Morgan fingerprint density at radius 2 is 1.30 bits per heavy atom. The quantitative estimate of drug-likeness (QED) is 0.768. The first-order chi connectivity index (χ1) is 11.0. The van der Waals surface area contributed by atoms with Crippen molar-refractivity contribution >= 4 is 17.8 Å². The number of nitrogens with one attached hydrogen (secondary N) is 2. The zero-order valence-corrected chi connectivity index (χ0v) is 12.7. The average molecular weight is 316 g/mol. The molecule has 0 heterocycles. The molecule has 1 aromatic carbocycles. The molecule has 0 saturated heterocycles. The van der Waals surface area contributed by atoms with Crippen molar-refractivity contribution in [2.75, 3.05) is 0 Å². The molecule has 0 spiro atoms. The predicted molar refractivity (Wildman–Crippen MR) is 83.2 cm³/mol. The highest BCUT2D eigenvalue weighted by molar-refractivity contribution is 5.98. The molecule has 2 saturated carbocycles. The molecular weight excluding hydrogens is 296 g/mol. The summed E-state index contributed by atoms with van der Waals surface area (Å²) >= 11 is 0. The number of carboxylic acid groups (broad SMARTS) is 1. The first kappa shape index (κ1) is 15.5. The first-order valence-electron chi connectivity index (χ1n) is 7.97. The van der Waals surface area contributed by atoms with Gasteiger partial charge in [-0.05, 0) is 56.4 Å². The Balaban J connectivity index is 1.55. The fraction of sp³-hybridized carbons (Fsp3) is 0.471. The van der Waals surface area contributed by atoms with Gasteiger partial charge in [-0.1, -0.05) is 0 Å². The summed E-state index contributed by atoms with van der Waals surface area (Å²) in [4.78, 5) is 35.0. The summed E-state index contributed by atoms with van der Waals surface area (Å²) in [7, 11) is 0. The smallest absolute Gasteiger partial charge is 0.306 e. The van der Waals surface area contributed by atoms with Gasteiger partial charge in [0.15, 0.2) is 0 Å². The summed E-state index contributed by atoms with van der Waals surface area (Å²) in [6, 6.07) is 6.74. The summed E-state index contributed by atoms with van der Waals surface area (Å²) < 4.78 is 0. The molecule has 2 fully saturated rings. The van der Waals surface area contributed by atoms with E-state index >= 15 is 0 Å². The van der Waals surface area contributed by atoms with E-state index in [1.165, 1.54) is 0 Å². The number of carbonyl (C=O) groups is 3. The maximum atomic E-state index is 12.2. The van der Waals surface area contributed by atoms with E-state index in [9.17, 15) is 14.4 Å². The zero-order chi connectivity index (χ0) is 16.4. The summed E-state index contributed by atoms with van der Waals surface area (Å²) in [6.45, 7) is 0. The van der Waals surface area contributed by atoms with Crippen LogP contribution < -0.4 is 10.6 Å². The van der Waals surface area contributed by atoms with Crippen LogP contribution in [0.2, 0.25) is 0 Å². The highest BCUT2D eigenvalue weighted by atomic mass is 16.4. The van der Waals surface area contributed by atoms with Crippen LogP contribution in [0.4, 0.5) is 0 Å². The molecule has 0 bridgehead atoms. The Kier molecular flexibility index (Phi) is 4.32. The number of carboxylic acids is 1. The van der Waals surface area contributed by atoms with Crippen molar-refractivity contribution in [3.8, 4) is 0 Å². The van der Waals surface area contributed by atoms with Crippen molar-refractivity contribution in [2.24, 2.45) is 5.92 Å². The molecule has 0 aliphatic heterocycles. The second-order valence-electron chi connectivity index (χ2n) is 6.34. The number of rotatable bonds is 5. The zero-order valence-electron chi connectivity index (χ0n) is 12.7. The monoisotopic (exact) mass is 316 g/mol. The van der Waals surface area contributed by atoms with Gasteiger partial charge in [0.2, 0.25) is 0 Å². The molecule has 2 aliphatic carbocycles. The largest absolute Gasteiger partial charge is 0.481 e. The third-order valence-electron chi connectivity index (χ3n) is 4.44. The Labute approximate surface area is 134 Å². The van der Waals surface area contributed by atoms with Gasteiger partial charge in [-0.3, -0.25) is 14.4 Å². The van der Waals surface area contributed by atoms with Crippen LogP contribution in [-0.4, -0.2) is 35.0 Å². The van der Waals surface area contributed by atoms with Crippen molar-refractivity contribution in [3.05, 3.63) is 35.4 Å². The number of aliphatic carboxylic acids is 1. The van der Waals surface area contributed by atoms with E-state index < -0.39 is 5.97 Å². The Morgan fingerprint density at radius 1 is 0.826 bits per heavy atom. The van der Waals surface area contributed by atoms with Gasteiger partial charge >= 0.3 is 5.97 Å². The minimum absolute atomic E-state index is 0.0959. The number of amides is 2. The van der Waals surface area contributed by atoms with Crippen molar-refractivity contribution in [1.29, 1.82) is 0 Å². The summed E-state index contributed by atoms with van der Waals surface area (Å²) in [5.74, 6) is -1.50. The minimum Gasteiger partial charge on any atom is -0.481 e. The molecule has 6 nitrogen and oxygen atoms in total. The predicted octanol–water partition coefficient (Wildman–Crippen LogP) is 1.56. The fourth-order valence-electron chi connectivity index (χ4n) is 2.88. The Morgan fingerprint density at radius 3 is 1.74 bits per heavy atom. The molecular formula is C17H20N2O4. The molecule has 23 heavy (non-hydrogen) atoms. The lowest BCUT2D eigenvalue weighted by Crippen LogP contribution is -2.33. The first-order valence-corrected chi connectivity index (χ1v) is 7.97. The van der Waals surface area contributed by atoms with E-state index in [0.29, 0.717) is 36.4 Å². The van der Waals surface area contributed by atoms with E-state index in [1.807, 2.05) is 0 Å². The maximum Gasteiger partial charge on any atom is 0.306 e. The molecule has 2 amide bonds. The van der Waals surface area contributed by atoms with Crippen LogP contribution in [0.3, 0.4) is 0 Å². The van der Waals surface area contributed by atoms with Crippen LogP contribution >= 0.6 is 0 Å². The molecule has 0 unspecified atom stereocenters. The molecule has 0 aromatic heterocycles. The third-order valence-corrected chi connectivity index (χ3v) is 4.44. The van der Waals surface area contributed by atoms with Crippen LogP contribution in [-0.2, 0) is 4.79 Å². The van der Waals surface area contributed by atoms with Gasteiger partial charge in [-0.15, -0.1) is 0 Å². The fourth-order valence-corrected chi connectivity index (χ4v) is 2.88. The van der Waals surface area contributed by atoms with E-state index in [1.54, 1.807) is 24.3 Å². The van der Waals surface area contributed by atoms with Gasteiger partial charge in [-0.2, -0.15) is 0 Å². The molecule has 1 aromatic rings. The standard InChI is InChI=1S/C17H20N2O4/c20-15(18-13-7-8-13)10-1-3-11(4-2-10)16(21)19-14-6-5-12(9-14)17(22)23/h1-4,12-14H,5-9H2,(H,18,20)(H,19,21)(H,22,23)/t12-,14+/m1/s1. The second kappa shape index (κ2) is 6.40. The van der Waals surface area contributed by atoms with Crippen molar-refractivity contribution in [3.63, 3.8) is 0 Å². The second-order valence-corrected chi connectivity index (χ2v) is 6.34. The SMILES string of the molecule is O=C(NC1CC1)c1ccc(C(=O)N[C@H]2CC[C@@H](C(=O)O)C2)cc1. The molecule has 0 radical (unpaired) electrons. The summed E-state index contributed by atoms with van der Waals surface area (Å²) in [5, 5.41) is 14.7. The lowest BCUT2D eigenvalue weighted by atomic mass is 10.1. The van der Waals surface area contributed by atoms with Gasteiger partial charge < -0.3 is 15.7 Å². The topological polar surface area (TPSA) is 95.5 Å². The van der Waals surface area contributed by atoms with E-state index in [4.69, 9.17) is 5.11 Å². The molecule has 122 valence electrons. The van der Waals surface area contributed by atoms with Crippen LogP contribution in [0.5, 0.6) is 0 Å². The van der Waals surface area contributed by atoms with E-state index in [-0.39, 0.29) is 23.8 Å². The number of benzene rings is 1. The van der Waals surface area contributed by atoms with Gasteiger partial charge in [-0.25, -0.2) is 0 Å². The summed E-state index contributed by atoms with van der Waals surface area (Å²) in [5.41, 5.74) is 1.02. The van der Waals surface area contributed by atoms with Crippen LogP contribution in [0, 0.1) is 5.92 Å². The molecule has 6 heteroatoms. The molecule has 3 N–H and O–H groups in total. The lowest BCUT2D eigenvalue weighted by Gasteiger charge is -2.12. The van der Waals surface area contributed by atoms with Crippen LogP contribution in [0.25, 0.3) is 0 Å². The van der Waals surface area contributed by atoms with Crippen molar-refractivity contribution in [2.45, 2.75) is 44.2 Å². The van der Waals surface area contributed by atoms with Crippen LogP contribution in [0.15, 0.2) is 24.3 Å². The normalized spacial score (nSPS) is 23.3. The Bertz CT molecular complexity index is 622. The number of hydrogen-bond donors (Lipinski definition) is 3. The summed E-state index contributed by atoms with van der Waals surface area (Å²) in [6.07, 6.45) is 3.82. The van der Waals surface area contributed by atoms with E-state index in [2.05, 4.69) is 10.6 Å². The lowest BCUT2D eigenvalue weighted by molar-refractivity contribution is -0.141. The van der Waals surface area contributed by atoms with Gasteiger partial charge in [0.05, 0.1) is 5.92 Å². The van der Waals surface area contributed by atoms with E-state index in [0.717, 1.165) is 12.8 Å². The molecule has 2 atom stereocenters. The van der Waals surface area contributed by atoms with Crippen LogP contribution in [0.1, 0.15) is 52.8 Å². The van der Waals surface area contributed by atoms with Crippen molar-refractivity contribution in [1.82, 2.24) is 10.6 Å². The minimum atomic E-state index is -0.798. The van der Waals surface area contributed by atoms with Gasteiger partial charge in [0.25, 0.3) is 11.8 Å². The van der Waals surface area contributed by atoms with Gasteiger partial charge in [0.1, 0.15) is 0 Å². The number of carbonyl (C=O) groups excluding carboxylic acids is 2. The Hall–Kier alpha value is -2.37. The highest BCUT2D eigenvalue weighted by Gasteiger charge is 2.30. The molecule has 2 aliphatic rings. The average Bonchev–Trinajstić information content (AvgIpc) is 3.22. The highest BCUT2D eigenvalue weighted by Crippen LogP contribution is 2.26. The van der Waals surface area contributed by atoms with Gasteiger partial charge in [0, 0.05) is 23.2 Å². The third kappa shape index (κ3) is 3.88. The maximum absolute atomic E-state index is 12.2. The number of hydrogen-bond acceptors (Lipinski definition) is 3. The van der Waals surface area contributed by atoms with Crippen molar-refractivity contribution < 1.29 is 19.5 Å². The molecule has 3 rings (SSSR count).